The van der Waals surface area contributed by atoms with Crippen LogP contribution in [0.4, 0.5) is 0 Å². The molecule has 4 heteroatoms. The van der Waals surface area contributed by atoms with E-state index in [2.05, 4.69) is 4.98 Å². The van der Waals surface area contributed by atoms with Crippen LogP contribution in [-0.4, -0.2) is 29.4 Å². The van der Waals surface area contributed by atoms with Crippen LogP contribution in [0.2, 0.25) is 0 Å². The maximum absolute atomic E-state index is 11.2. The molecule has 0 unspecified atom stereocenters. The van der Waals surface area contributed by atoms with Gasteiger partial charge in [-0.25, -0.2) is 0 Å². The monoisotopic (exact) mass is 203 g/mol. The second kappa shape index (κ2) is 5.76. The van der Waals surface area contributed by atoms with Crippen LogP contribution in [0.15, 0.2) is 24.4 Å². The number of rotatable bonds is 4. The van der Waals surface area contributed by atoms with Gasteiger partial charge in [-0.15, -0.1) is 0 Å². The third-order valence-electron chi connectivity index (χ3n) is 2.09. The van der Waals surface area contributed by atoms with Gasteiger partial charge in [0.05, 0.1) is 6.07 Å². The quantitative estimate of drug-likeness (QED) is 0.733. The van der Waals surface area contributed by atoms with E-state index in [1.165, 1.54) is 0 Å². The molecule has 0 aliphatic heterocycles. The van der Waals surface area contributed by atoms with Crippen LogP contribution in [0, 0.1) is 11.3 Å². The molecule has 1 amide bonds. The van der Waals surface area contributed by atoms with Gasteiger partial charge in [0.1, 0.15) is 6.42 Å². The van der Waals surface area contributed by atoms with Crippen molar-refractivity contribution in [2.45, 2.75) is 12.8 Å². The summed E-state index contributed by atoms with van der Waals surface area (Å²) in [6, 6.07) is 7.53. The summed E-state index contributed by atoms with van der Waals surface area (Å²) in [5, 5.41) is 8.36. The van der Waals surface area contributed by atoms with Gasteiger partial charge in [0.15, 0.2) is 0 Å². The first-order valence-electron chi connectivity index (χ1n) is 4.75. The molecule has 0 aliphatic rings. The van der Waals surface area contributed by atoms with Gasteiger partial charge in [0, 0.05) is 31.9 Å². The Kier molecular flexibility index (Phi) is 4.30. The first-order chi connectivity index (χ1) is 7.24. The van der Waals surface area contributed by atoms with E-state index in [4.69, 9.17) is 5.26 Å². The molecule has 0 aromatic carbocycles. The molecule has 0 atom stereocenters. The summed E-state index contributed by atoms with van der Waals surface area (Å²) in [6.45, 7) is 0.595. The fraction of sp³-hybridized carbons (Fsp3) is 0.364. The van der Waals surface area contributed by atoms with Crippen molar-refractivity contribution in [1.82, 2.24) is 9.88 Å². The van der Waals surface area contributed by atoms with Crippen molar-refractivity contribution < 1.29 is 4.79 Å². The Morgan fingerprint density at radius 1 is 1.60 bits per heavy atom. The van der Waals surface area contributed by atoms with Gasteiger partial charge >= 0.3 is 0 Å². The van der Waals surface area contributed by atoms with Crippen molar-refractivity contribution >= 4 is 5.91 Å². The molecule has 0 spiro atoms. The molecule has 0 bridgehead atoms. The average Bonchev–Trinajstić information content (AvgIpc) is 2.27. The molecule has 1 heterocycles. The number of hydrogen-bond donors (Lipinski definition) is 0. The zero-order chi connectivity index (χ0) is 11.1. The third kappa shape index (κ3) is 3.77. The van der Waals surface area contributed by atoms with Gasteiger partial charge in [-0.1, -0.05) is 6.07 Å². The smallest absolute Gasteiger partial charge is 0.236 e. The van der Waals surface area contributed by atoms with Crippen LogP contribution in [0.3, 0.4) is 0 Å². The topological polar surface area (TPSA) is 57.0 Å². The molecular weight excluding hydrogens is 190 g/mol. The first-order valence-corrected chi connectivity index (χ1v) is 4.75. The van der Waals surface area contributed by atoms with Crippen molar-refractivity contribution in [2.24, 2.45) is 0 Å². The minimum absolute atomic E-state index is 0.0568. The summed E-state index contributed by atoms with van der Waals surface area (Å²) in [5.74, 6) is -0.145. The zero-order valence-electron chi connectivity index (χ0n) is 8.68. The number of aromatic nitrogens is 1. The summed E-state index contributed by atoms with van der Waals surface area (Å²) >= 11 is 0. The number of nitriles is 1. The fourth-order valence-electron chi connectivity index (χ4n) is 1.16. The van der Waals surface area contributed by atoms with Gasteiger partial charge in [-0.3, -0.25) is 9.78 Å². The molecule has 1 rings (SSSR count). The lowest BCUT2D eigenvalue weighted by Crippen LogP contribution is -2.28. The lowest BCUT2D eigenvalue weighted by molar-refractivity contribution is -0.128. The second-order valence-electron chi connectivity index (χ2n) is 3.22. The molecule has 78 valence electrons. The standard InChI is InChI=1S/C11H13N3O/c1-14(11(15)5-7-12)9-6-10-4-2-3-8-13-10/h2-4,8H,5-6,9H2,1H3. The Morgan fingerprint density at radius 2 is 2.40 bits per heavy atom. The Balaban J connectivity index is 2.38. The van der Waals surface area contributed by atoms with Crippen molar-refractivity contribution in [2.75, 3.05) is 13.6 Å². The summed E-state index contributed by atoms with van der Waals surface area (Å²) < 4.78 is 0. The molecule has 0 aliphatic carbocycles. The Hall–Kier alpha value is -1.89. The summed E-state index contributed by atoms with van der Waals surface area (Å²) in [7, 11) is 1.70. The molecule has 0 saturated carbocycles. The maximum atomic E-state index is 11.2. The number of amides is 1. The van der Waals surface area contributed by atoms with Gasteiger partial charge < -0.3 is 4.90 Å². The van der Waals surface area contributed by atoms with Gasteiger partial charge in [0.25, 0.3) is 0 Å². The van der Waals surface area contributed by atoms with E-state index in [1.807, 2.05) is 24.3 Å². The highest BCUT2D eigenvalue weighted by atomic mass is 16.2. The summed E-state index contributed by atoms with van der Waals surface area (Å²) in [6.07, 6.45) is 2.39. The van der Waals surface area contributed by atoms with E-state index in [0.29, 0.717) is 13.0 Å². The first kappa shape index (κ1) is 11.2. The van der Waals surface area contributed by atoms with E-state index in [9.17, 15) is 4.79 Å². The van der Waals surface area contributed by atoms with Crippen LogP contribution in [0.5, 0.6) is 0 Å². The van der Waals surface area contributed by atoms with Crippen LogP contribution >= 0.6 is 0 Å². The maximum Gasteiger partial charge on any atom is 0.236 e. The van der Waals surface area contributed by atoms with Crippen LogP contribution in [-0.2, 0) is 11.2 Å². The molecule has 0 radical (unpaired) electrons. The van der Waals surface area contributed by atoms with Crippen molar-refractivity contribution in [3.8, 4) is 6.07 Å². The van der Waals surface area contributed by atoms with Crippen molar-refractivity contribution in [3.63, 3.8) is 0 Å². The number of hydrogen-bond acceptors (Lipinski definition) is 3. The molecular formula is C11H13N3O. The number of pyridine rings is 1. The fourth-order valence-corrected chi connectivity index (χ4v) is 1.16. The van der Waals surface area contributed by atoms with Gasteiger partial charge in [-0.05, 0) is 12.1 Å². The van der Waals surface area contributed by atoms with Crippen LogP contribution in [0.1, 0.15) is 12.1 Å². The van der Waals surface area contributed by atoms with Gasteiger partial charge in [-0.2, -0.15) is 5.26 Å². The lowest BCUT2D eigenvalue weighted by atomic mass is 10.2. The van der Waals surface area contributed by atoms with Crippen molar-refractivity contribution in [1.29, 1.82) is 5.26 Å². The second-order valence-corrected chi connectivity index (χ2v) is 3.22. The predicted molar refractivity (Wildman–Crippen MR) is 55.8 cm³/mol. The number of likely N-dealkylation sites (N-methyl/N-ethyl adjacent to an activating group) is 1. The minimum Gasteiger partial charge on any atom is -0.344 e. The van der Waals surface area contributed by atoms with Crippen LogP contribution < -0.4 is 0 Å². The van der Waals surface area contributed by atoms with Crippen molar-refractivity contribution in [3.05, 3.63) is 30.1 Å². The van der Waals surface area contributed by atoms with Gasteiger partial charge in [0.2, 0.25) is 5.91 Å². The molecule has 15 heavy (non-hydrogen) atoms. The Bertz CT molecular complexity index is 356. The van der Waals surface area contributed by atoms with E-state index in [1.54, 1.807) is 18.1 Å². The molecule has 0 saturated heterocycles. The number of carbonyl (C=O) groups is 1. The third-order valence-corrected chi connectivity index (χ3v) is 2.09. The predicted octanol–water partition coefficient (Wildman–Crippen LogP) is 0.996. The number of nitrogens with zero attached hydrogens (tertiary/aromatic N) is 3. The summed E-state index contributed by atoms with van der Waals surface area (Å²) in [5.41, 5.74) is 0.953. The Morgan fingerprint density at radius 3 is 3.00 bits per heavy atom. The molecule has 1 aromatic heterocycles. The SMILES string of the molecule is CN(CCc1ccccn1)C(=O)CC#N. The normalized spacial score (nSPS) is 9.33. The highest BCUT2D eigenvalue weighted by Gasteiger charge is 2.07. The molecule has 0 N–H and O–H groups in total. The molecule has 0 fully saturated rings. The highest BCUT2D eigenvalue weighted by molar-refractivity contribution is 5.77. The van der Waals surface area contributed by atoms with E-state index >= 15 is 0 Å². The van der Waals surface area contributed by atoms with Crippen LogP contribution in [0.25, 0.3) is 0 Å². The number of carbonyl (C=O) groups excluding carboxylic acids is 1. The van der Waals surface area contributed by atoms with E-state index < -0.39 is 0 Å². The molecule has 4 nitrogen and oxygen atoms in total. The van der Waals surface area contributed by atoms with E-state index in [0.717, 1.165) is 5.69 Å². The Labute approximate surface area is 89.2 Å². The lowest BCUT2D eigenvalue weighted by Gasteiger charge is -2.14. The summed E-state index contributed by atoms with van der Waals surface area (Å²) in [4.78, 5) is 17.0. The minimum atomic E-state index is -0.145. The highest BCUT2D eigenvalue weighted by Crippen LogP contribution is 1.97. The zero-order valence-corrected chi connectivity index (χ0v) is 8.68. The largest absolute Gasteiger partial charge is 0.344 e. The molecule has 1 aromatic rings. The van der Waals surface area contributed by atoms with E-state index in [-0.39, 0.29) is 12.3 Å². The average molecular weight is 203 g/mol.